The lowest BCUT2D eigenvalue weighted by Crippen LogP contribution is -2.39. The van der Waals surface area contributed by atoms with Crippen molar-refractivity contribution in [3.8, 4) is 17.0 Å². The van der Waals surface area contributed by atoms with E-state index in [1.54, 1.807) is 19.9 Å². The molecular formula is C26H29F2N5O3. The van der Waals surface area contributed by atoms with Crippen molar-refractivity contribution in [3.63, 3.8) is 0 Å². The molecule has 2 aromatic heterocycles. The Labute approximate surface area is 207 Å². The SMILES string of the molecule is CCC(=O)N[C@H]1C[C@@H](F)[C@H](NC(=O)c2c(C)[nH]c3c(-c4cc(F)ccc4OCC4CC4)ncnc23)C1. The minimum Gasteiger partial charge on any atom is -0.493 e. The van der Waals surface area contributed by atoms with E-state index in [4.69, 9.17) is 4.74 Å². The zero-order valence-corrected chi connectivity index (χ0v) is 20.2. The number of alkyl halides is 1. The van der Waals surface area contributed by atoms with E-state index in [0.717, 1.165) is 12.8 Å². The van der Waals surface area contributed by atoms with E-state index in [9.17, 15) is 18.4 Å². The average Bonchev–Trinajstić information content (AvgIpc) is 3.53. The maximum absolute atomic E-state index is 14.7. The second-order valence-electron chi connectivity index (χ2n) is 9.65. The number of rotatable bonds is 8. The van der Waals surface area contributed by atoms with Gasteiger partial charge in [0.15, 0.2) is 0 Å². The van der Waals surface area contributed by atoms with Crippen LogP contribution < -0.4 is 15.4 Å². The summed E-state index contributed by atoms with van der Waals surface area (Å²) in [6.07, 6.45) is 3.07. The molecule has 3 aromatic rings. The van der Waals surface area contributed by atoms with Crippen LogP contribution in [0, 0.1) is 18.7 Å². The first-order valence-corrected chi connectivity index (χ1v) is 12.3. The number of aromatic nitrogens is 3. The number of aryl methyl sites for hydroxylation is 1. The van der Waals surface area contributed by atoms with E-state index in [-0.39, 0.29) is 23.9 Å². The first-order valence-electron chi connectivity index (χ1n) is 12.3. The van der Waals surface area contributed by atoms with Crippen LogP contribution in [0.1, 0.15) is 55.1 Å². The largest absolute Gasteiger partial charge is 0.493 e. The highest BCUT2D eigenvalue weighted by Gasteiger charge is 2.37. The molecule has 2 amide bonds. The topological polar surface area (TPSA) is 109 Å². The monoisotopic (exact) mass is 497 g/mol. The molecule has 36 heavy (non-hydrogen) atoms. The molecule has 1 aromatic carbocycles. The van der Waals surface area contributed by atoms with Gasteiger partial charge in [-0.25, -0.2) is 18.7 Å². The number of carbonyl (C=O) groups excluding carboxylic acids is 2. The highest BCUT2D eigenvalue weighted by atomic mass is 19.1. The maximum atomic E-state index is 14.7. The van der Waals surface area contributed by atoms with Crippen LogP contribution in [0.3, 0.4) is 0 Å². The van der Waals surface area contributed by atoms with Crippen molar-refractivity contribution in [2.45, 2.75) is 64.2 Å². The van der Waals surface area contributed by atoms with Crippen LogP contribution in [0.4, 0.5) is 8.78 Å². The Hall–Kier alpha value is -3.56. The van der Waals surface area contributed by atoms with Crippen LogP contribution in [0.2, 0.25) is 0 Å². The molecule has 190 valence electrons. The molecule has 0 saturated heterocycles. The summed E-state index contributed by atoms with van der Waals surface area (Å²) < 4.78 is 34.8. The van der Waals surface area contributed by atoms with Gasteiger partial charge in [-0.3, -0.25) is 9.59 Å². The predicted octanol–water partition coefficient (Wildman–Crippen LogP) is 3.99. The number of carbonyl (C=O) groups is 2. The molecule has 5 rings (SSSR count). The quantitative estimate of drug-likeness (QED) is 0.436. The summed E-state index contributed by atoms with van der Waals surface area (Å²) in [5.74, 6) is -0.0255. The van der Waals surface area contributed by atoms with Crippen molar-refractivity contribution in [2.75, 3.05) is 6.61 Å². The van der Waals surface area contributed by atoms with Gasteiger partial charge in [-0.1, -0.05) is 6.92 Å². The van der Waals surface area contributed by atoms with Gasteiger partial charge in [0.05, 0.1) is 23.7 Å². The third-order valence-corrected chi connectivity index (χ3v) is 6.85. The van der Waals surface area contributed by atoms with E-state index < -0.39 is 23.9 Å². The Morgan fingerprint density at radius 2 is 2.00 bits per heavy atom. The summed E-state index contributed by atoms with van der Waals surface area (Å²) in [7, 11) is 0. The summed E-state index contributed by atoms with van der Waals surface area (Å²) >= 11 is 0. The van der Waals surface area contributed by atoms with Gasteiger partial charge >= 0.3 is 0 Å². The van der Waals surface area contributed by atoms with Gasteiger partial charge in [0.1, 0.15) is 35.3 Å². The summed E-state index contributed by atoms with van der Waals surface area (Å²) in [6.45, 7) is 4.01. The zero-order valence-electron chi connectivity index (χ0n) is 20.2. The Morgan fingerprint density at radius 3 is 2.75 bits per heavy atom. The lowest BCUT2D eigenvalue weighted by Gasteiger charge is -2.15. The lowest BCUT2D eigenvalue weighted by atomic mass is 10.1. The Balaban J connectivity index is 1.42. The fourth-order valence-corrected chi connectivity index (χ4v) is 4.73. The van der Waals surface area contributed by atoms with E-state index in [0.29, 0.717) is 59.1 Å². The number of amides is 2. The molecule has 3 atom stereocenters. The summed E-state index contributed by atoms with van der Waals surface area (Å²) in [5, 5.41) is 5.57. The first-order chi connectivity index (χ1) is 17.3. The maximum Gasteiger partial charge on any atom is 0.255 e. The number of hydrogen-bond acceptors (Lipinski definition) is 5. The minimum absolute atomic E-state index is 0.145. The molecule has 2 fully saturated rings. The van der Waals surface area contributed by atoms with Gasteiger partial charge in [0.2, 0.25) is 5.91 Å². The van der Waals surface area contributed by atoms with E-state index >= 15 is 0 Å². The van der Waals surface area contributed by atoms with Crippen molar-refractivity contribution < 1.29 is 23.1 Å². The Bertz CT molecular complexity index is 1310. The molecule has 2 aliphatic carbocycles. The number of ether oxygens (including phenoxy) is 1. The van der Waals surface area contributed by atoms with Crippen LogP contribution in [0.15, 0.2) is 24.5 Å². The normalized spacial score (nSPS) is 21.5. The Kier molecular flexibility index (Phi) is 6.59. The molecule has 2 saturated carbocycles. The number of aromatic amines is 1. The number of halogens is 2. The summed E-state index contributed by atoms with van der Waals surface area (Å²) in [5.41, 5.74) is 2.52. The summed E-state index contributed by atoms with van der Waals surface area (Å²) in [6, 6.07) is 3.23. The number of fused-ring (bicyclic) bond motifs is 1. The second-order valence-corrected chi connectivity index (χ2v) is 9.65. The number of nitrogens with one attached hydrogen (secondary N) is 3. The third kappa shape index (κ3) is 4.89. The average molecular weight is 498 g/mol. The van der Waals surface area contributed by atoms with Gasteiger partial charge in [-0.15, -0.1) is 0 Å². The second kappa shape index (κ2) is 9.83. The smallest absolute Gasteiger partial charge is 0.255 e. The van der Waals surface area contributed by atoms with Crippen LogP contribution in [0.5, 0.6) is 5.75 Å². The van der Waals surface area contributed by atoms with Gasteiger partial charge < -0.3 is 20.4 Å². The fraction of sp³-hybridized carbons (Fsp3) is 0.462. The molecule has 0 radical (unpaired) electrons. The molecule has 2 aliphatic rings. The molecule has 0 aliphatic heterocycles. The summed E-state index contributed by atoms with van der Waals surface area (Å²) in [4.78, 5) is 36.8. The molecule has 0 bridgehead atoms. The van der Waals surface area contributed by atoms with Crippen molar-refractivity contribution in [3.05, 3.63) is 41.6 Å². The lowest BCUT2D eigenvalue weighted by molar-refractivity contribution is -0.121. The Morgan fingerprint density at radius 1 is 1.19 bits per heavy atom. The molecular weight excluding hydrogens is 468 g/mol. The van der Waals surface area contributed by atoms with Crippen molar-refractivity contribution in [2.24, 2.45) is 5.92 Å². The molecule has 0 unspecified atom stereocenters. The zero-order chi connectivity index (χ0) is 25.4. The molecule has 2 heterocycles. The first kappa shape index (κ1) is 24.1. The van der Waals surface area contributed by atoms with Gasteiger partial charge in [-0.05, 0) is 50.3 Å². The van der Waals surface area contributed by atoms with Crippen LogP contribution >= 0.6 is 0 Å². The number of nitrogens with zero attached hydrogens (tertiary/aromatic N) is 2. The minimum atomic E-state index is -1.27. The molecule has 0 spiro atoms. The van der Waals surface area contributed by atoms with Crippen LogP contribution in [-0.4, -0.2) is 51.6 Å². The molecule has 10 heteroatoms. The van der Waals surface area contributed by atoms with Gasteiger partial charge in [-0.2, -0.15) is 0 Å². The number of hydrogen-bond donors (Lipinski definition) is 3. The number of H-pyrrole nitrogens is 1. The van der Waals surface area contributed by atoms with Crippen molar-refractivity contribution in [1.82, 2.24) is 25.6 Å². The van der Waals surface area contributed by atoms with Crippen LogP contribution in [-0.2, 0) is 4.79 Å². The molecule has 3 N–H and O–H groups in total. The van der Waals surface area contributed by atoms with E-state index in [1.165, 1.54) is 18.5 Å². The van der Waals surface area contributed by atoms with E-state index in [1.807, 2.05) is 0 Å². The van der Waals surface area contributed by atoms with Gasteiger partial charge in [0, 0.05) is 30.1 Å². The predicted molar refractivity (Wildman–Crippen MR) is 130 cm³/mol. The van der Waals surface area contributed by atoms with E-state index in [2.05, 4.69) is 25.6 Å². The highest BCUT2D eigenvalue weighted by Crippen LogP contribution is 2.37. The van der Waals surface area contributed by atoms with Crippen LogP contribution in [0.25, 0.3) is 22.3 Å². The highest BCUT2D eigenvalue weighted by molar-refractivity contribution is 6.09. The fourth-order valence-electron chi connectivity index (χ4n) is 4.73. The van der Waals surface area contributed by atoms with Crippen molar-refractivity contribution >= 4 is 22.8 Å². The molecule has 8 nitrogen and oxygen atoms in total. The number of benzene rings is 1. The van der Waals surface area contributed by atoms with Gasteiger partial charge in [0.25, 0.3) is 5.91 Å². The standard InChI is InChI=1S/C26H29F2N5O3/c1-3-21(34)32-16-9-18(28)19(10-16)33-26(35)22-13(2)31-25-23(29-12-30-24(22)25)17-8-15(27)6-7-20(17)36-11-14-4-5-14/h6-8,12,14,16,18-19,31H,3-5,9-11H2,1-2H3,(H,32,34)(H,33,35)/t16-,18+,19+/m0/s1. The third-order valence-electron chi connectivity index (χ3n) is 6.85. The van der Waals surface area contributed by atoms with Crippen molar-refractivity contribution in [1.29, 1.82) is 0 Å².